The molecule has 2 aliphatic rings. The highest BCUT2D eigenvalue weighted by molar-refractivity contribution is 4.96. The van der Waals surface area contributed by atoms with Crippen LogP contribution in [0.3, 0.4) is 0 Å². The van der Waals surface area contributed by atoms with Crippen LogP contribution in [-0.2, 0) is 0 Å². The molecular weight excluding hydrogens is 172 g/mol. The Hall–Kier alpha value is -0.0800. The molecule has 0 N–H and O–H groups in total. The molecule has 0 aromatic heterocycles. The van der Waals surface area contributed by atoms with E-state index in [2.05, 4.69) is 30.6 Å². The minimum Gasteiger partial charge on any atom is -0.300 e. The van der Waals surface area contributed by atoms with Gasteiger partial charge in [0.05, 0.1) is 0 Å². The lowest BCUT2D eigenvalue weighted by Gasteiger charge is -2.46. The van der Waals surface area contributed by atoms with Gasteiger partial charge < -0.3 is 0 Å². The molecule has 1 saturated carbocycles. The van der Waals surface area contributed by atoms with E-state index in [-0.39, 0.29) is 0 Å². The van der Waals surface area contributed by atoms with E-state index < -0.39 is 0 Å². The van der Waals surface area contributed by atoms with Crippen molar-refractivity contribution in [1.29, 1.82) is 0 Å². The second-order valence-electron chi connectivity index (χ2n) is 5.38. The molecule has 1 saturated heterocycles. The molecule has 2 fully saturated rings. The number of hydrogen-bond donors (Lipinski definition) is 0. The highest BCUT2D eigenvalue weighted by atomic mass is 15.3. The summed E-state index contributed by atoms with van der Waals surface area (Å²) in [6.07, 6.45) is 2.92. The van der Waals surface area contributed by atoms with E-state index in [1.165, 1.54) is 45.6 Å². The second kappa shape index (κ2) is 3.82. The molecule has 0 unspecified atom stereocenters. The standard InChI is InChI=1S/C12H24N2/c1-4-14(5-2)11-8-13(9-11)10-12(3)6-7-12/h11H,4-10H2,1-3H3. The van der Waals surface area contributed by atoms with Crippen LogP contribution in [0.15, 0.2) is 0 Å². The maximum absolute atomic E-state index is 2.63. The SMILES string of the molecule is CCN(CC)C1CN(CC2(C)CC2)C1. The van der Waals surface area contributed by atoms with Crippen LogP contribution in [0.2, 0.25) is 0 Å². The molecule has 14 heavy (non-hydrogen) atoms. The van der Waals surface area contributed by atoms with E-state index in [9.17, 15) is 0 Å². The lowest BCUT2D eigenvalue weighted by Crippen LogP contribution is -2.60. The first-order valence-electron chi connectivity index (χ1n) is 6.13. The first-order valence-corrected chi connectivity index (χ1v) is 6.13. The highest BCUT2D eigenvalue weighted by Gasteiger charge is 2.42. The largest absolute Gasteiger partial charge is 0.300 e. The zero-order chi connectivity index (χ0) is 10.2. The summed E-state index contributed by atoms with van der Waals surface area (Å²) in [5, 5.41) is 0. The molecule has 2 rings (SSSR count). The average molecular weight is 196 g/mol. The van der Waals surface area contributed by atoms with Crippen molar-refractivity contribution in [3.63, 3.8) is 0 Å². The Morgan fingerprint density at radius 3 is 2.21 bits per heavy atom. The maximum Gasteiger partial charge on any atom is 0.0350 e. The van der Waals surface area contributed by atoms with E-state index in [1.807, 2.05) is 0 Å². The zero-order valence-corrected chi connectivity index (χ0v) is 9.92. The summed E-state index contributed by atoms with van der Waals surface area (Å²) in [5.41, 5.74) is 0.703. The predicted octanol–water partition coefficient (Wildman–Crippen LogP) is 1.81. The van der Waals surface area contributed by atoms with E-state index >= 15 is 0 Å². The first-order chi connectivity index (χ1) is 6.67. The van der Waals surface area contributed by atoms with Crippen molar-refractivity contribution in [1.82, 2.24) is 9.80 Å². The highest BCUT2D eigenvalue weighted by Crippen LogP contribution is 2.46. The number of likely N-dealkylation sites (tertiary alicyclic amines) is 1. The van der Waals surface area contributed by atoms with Crippen LogP contribution in [0.1, 0.15) is 33.6 Å². The van der Waals surface area contributed by atoms with E-state index in [4.69, 9.17) is 0 Å². The normalized spacial score (nSPS) is 26.6. The second-order valence-corrected chi connectivity index (χ2v) is 5.38. The van der Waals surface area contributed by atoms with E-state index in [1.54, 1.807) is 0 Å². The van der Waals surface area contributed by atoms with Gasteiger partial charge in [-0.2, -0.15) is 0 Å². The predicted molar refractivity (Wildman–Crippen MR) is 60.5 cm³/mol. The van der Waals surface area contributed by atoms with Crippen molar-refractivity contribution in [3.05, 3.63) is 0 Å². The van der Waals surface area contributed by atoms with Crippen molar-refractivity contribution < 1.29 is 0 Å². The van der Waals surface area contributed by atoms with Crippen LogP contribution >= 0.6 is 0 Å². The molecule has 2 nitrogen and oxygen atoms in total. The molecule has 1 heterocycles. The Kier molecular flexibility index (Phi) is 2.85. The average Bonchev–Trinajstić information content (AvgIpc) is 2.81. The Balaban J connectivity index is 1.68. The summed E-state index contributed by atoms with van der Waals surface area (Å²) >= 11 is 0. The molecule has 0 amide bonds. The van der Waals surface area contributed by atoms with Crippen molar-refractivity contribution >= 4 is 0 Å². The van der Waals surface area contributed by atoms with Crippen molar-refractivity contribution in [3.8, 4) is 0 Å². The third kappa shape index (κ3) is 2.12. The lowest BCUT2D eigenvalue weighted by molar-refractivity contribution is 0.0280. The van der Waals surface area contributed by atoms with Crippen LogP contribution in [-0.4, -0.2) is 48.6 Å². The molecule has 0 bridgehead atoms. The maximum atomic E-state index is 2.63. The van der Waals surface area contributed by atoms with Gasteiger partial charge in [-0.1, -0.05) is 20.8 Å². The van der Waals surface area contributed by atoms with Gasteiger partial charge in [-0.25, -0.2) is 0 Å². The van der Waals surface area contributed by atoms with Gasteiger partial charge >= 0.3 is 0 Å². The van der Waals surface area contributed by atoms with Crippen LogP contribution in [0.5, 0.6) is 0 Å². The molecule has 2 heteroatoms. The van der Waals surface area contributed by atoms with Gasteiger partial charge in [-0.3, -0.25) is 9.80 Å². The summed E-state index contributed by atoms with van der Waals surface area (Å²) in [5.74, 6) is 0. The number of rotatable bonds is 5. The van der Waals surface area contributed by atoms with Crippen LogP contribution in [0.25, 0.3) is 0 Å². The van der Waals surface area contributed by atoms with Gasteiger partial charge in [-0.05, 0) is 31.3 Å². The summed E-state index contributed by atoms with van der Waals surface area (Å²) < 4.78 is 0. The van der Waals surface area contributed by atoms with E-state index in [0.717, 1.165) is 6.04 Å². The molecule has 0 radical (unpaired) electrons. The molecule has 1 aliphatic heterocycles. The number of hydrogen-bond acceptors (Lipinski definition) is 2. The quantitative estimate of drug-likeness (QED) is 0.662. The monoisotopic (exact) mass is 196 g/mol. The minimum atomic E-state index is 0.703. The van der Waals surface area contributed by atoms with Gasteiger partial charge in [0, 0.05) is 25.7 Å². The van der Waals surface area contributed by atoms with E-state index in [0.29, 0.717) is 5.41 Å². The van der Waals surface area contributed by atoms with Gasteiger partial charge in [0.2, 0.25) is 0 Å². The molecule has 0 atom stereocenters. The molecule has 0 aromatic rings. The number of nitrogens with zero attached hydrogens (tertiary/aromatic N) is 2. The van der Waals surface area contributed by atoms with Crippen LogP contribution in [0.4, 0.5) is 0 Å². The van der Waals surface area contributed by atoms with Gasteiger partial charge in [0.15, 0.2) is 0 Å². The molecule has 82 valence electrons. The van der Waals surface area contributed by atoms with Crippen LogP contribution in [0, 0.1) is 5.41 Å². The van der Waals surface area contributed by atoms with Gasteiger partial charge in [0.25, 0.3) is 0 Å². The molecule has 0 spiro atoms. The summed E-state index contributed by atoms with van der Waals surface area (Å²) in [7, 11) is 0. The van der Waals surface area contributed by atoms with Crippen LogP contribution < -0.4 is 0 Å². The summed E-state index contributed by atoms with van der Waals surface area (Å²) in [4.78, 5) is 5.22. The Labute approximate surface area is 88.3 Å². The Bertz CT molecular complexity index is 188. The summed E-state index contributed by atoms with van der Waals surface area (Å²) in [6, 6.07) is 0.854. The Morgan fingerprint density at radius 2 is 1.79 bits per heavy atom. The molecule has 1 aliphatic carbocycles. The lowest BCUT2D eigenvalue weighted by atomic mass is 10.0. The topological polar surface area (TPSA) is 6.48 Å². The smallest absolute Gasteiger partial charge is 0.0350 e. The third-order valence-corrected chi connectivity index (χ3v) is 3.98. The zero-order valence-electron chi connectivity index (χ0n) is 9.92. The van der Waals surface area contributed by atoms with Crippen molar-refractivity contribution in [2.45, 2.75) is 39.7 Å². The number of likely N-dealkylation sites (N-methyl/N-ethyl adjacent to an activating group) is 1. The molecular formula is C12H24N2. The van der Waals surface area contributed by atoms with Crippen molar-refractivity contribution in [2.75, 3.05) is 32.7 Å². The van der Waals surface area contributed by atoms with Gasteiger partial charge in [-0.15, -0.1) is 0 Å². The molecule has 0 aromatic carbocycles. The fourth-order valence-corrected chi connectivity index (χ4v) is 2.55. The first kappa shape index (κ1) is 10.4. The Morgan fingerprint density at radius 1 is 1.21 bits per heavy atom. The third-order valence-electron chi connectivity index (χ3n) is 3.98. The fourth-order valence-electron chi connectivity index (χ4n) is 2.55. The summed E-state index contributed by atoms with van der Waals surface area (Å²) in [6.45, 7) is 13.4. The minimum absolute atomic E-state index is 0.703. The van der Waals surface area contributed by atoms with Gasteiger partial charge in [0.1, 0.15) is 0 Å². The fraction of sp³-hybridized carbons (Fsp3) is 1.00. The van der Waals surface area contributed by atoms with Crippen molar-refractivity contribution in [2.24, 2.45) is 5.41 Å².